The molecule has 0 saturated carbocycles. The van der Waals surface area contributed by atoms with E-state index in [2.05, 4.69) is 50.4 Å². The zero-order valence-corrected chi connectivity index (χ0v) is 18.0. The highest BCUT2D eigenvalue weighted by molar-refractivity contribution is 8.00. The summed E-state index contributed by atoms with van der Waals surface area (Å²) in [6, 6.07) is 22.1. The second-order valence-electron chi connectivity index (χ2n) is 7.99. The van der Waals surface area contributed by atoms with E-state index in [0.29, 0.717) is 11.4 Å². The molecule has 3 aromatic rings. The molecule has 0 aromatic heterocycles. The molecule has 0 aliphatic carbocycles. The minimum absolute atomic E-state index is 0.0631. The van der Waals surface area contributed by atoms with Crippen molar-refractivity contribution in [3.05, 3.63) is 88.5 Å². The van der Waals surface area contributed by atoms with Crippen LogP contribution >= 0.6 is 11.8 Å². The van der Waals surface area contributed by atoms with Crippen molar-refractivity contribution >= 4 is 29.0 Å². The fourth-order valence-corrected chi connectivity index (χ4v) is 3.62. The molecule has 3 aromatic carbocycles. The molecule has 0 unspecified atom stereocenters. The molecule has 0 bridgehead atoms. The molecule has 6 heteroatoms. The highest BCUT2D eigenvalue weighted by Gasteiger charge is 2.13. The number of nitrogens with zero attached hydrogens (tertiary/aromatic N) is 1. The number of hydrogen-bond donors (Lipinski definition) is 1. The van der Waals surface area contributed by atoms with Crippen molar-refractivity contribution in [3.8, 4) is 11.1 Å². The largest absolute Gasteiger partial charge is 0.325 e. The number of non-ortho nitro benzene ring substituents is 1. The highest BCUT2D eigenvalue weighted by atomic mass is 32.2. The van der Waals surface area contributed by atoms with Crippen LogP contribution in [0.15, 0.2) is 77.7 Å². The Morgan fingerprint density at radius 3 is 1.93 bits per heavy atom. The third kappa shape index (κ3) is 5.70. The van der Waals surface area contributed by atoms with E-state index in [4.69, 9.17) is 0 Å². The van der Waals surface area contributed by atoms with Crippen LogP contribution in [0.4, 0.5) is 11.4 Å². The Labute approximate surface area is 180 Å². The zero-order valence-electron chi connectivity index (χ0n) is 17.2. The maximum absolute atomic E-state index is 12.3. The van der Waals surface area contributed by atoms with Crippen molar-refractivity contribution in [1.29, 1.82) is 0 Å². The van der Waals surface area contributed by atoms with E-state index in [-0.39, 0.29) is 17.0 Å². The fraction of sp³-hybridized carbons (Fsp3) is 0.208. The van der Waals surface area contributed by atoms with Gasteiger partial charge in [0.1, 0.15) is 0 Å². The van der Waals surface area contributed by atoms with E-state index >= 15 is 0 Å². The number of anilines is 1. The lowest BCUT2D eigenvalue weighted by Gasteiger charge is -2.19. The average molecular weight is 421 g/mol. The van der Waals surface area contributed by atoms with Crippen molar-refractivity contribution in [3.63, 3.8) is 0 Å². The van der Waals surface area contributed by atoms with Gasteiger partial charge >= 0.3 is 0 Å². The first-order chi connectivity index (χ1) is 14.2. The maximum Gasteiger partial charge on any atom is 0.269 e. The van der Waals surface area contributed by atoms with Crippen molar-refractivity contribution in [1.82, 2.24) is 0 Å². The van der Waals surface area contributed by atoms with Gasteiger partial charge in [-0.05, 0) is 58.5 Å². The highest BCUT2D eigenvalue weighted by Crippen LogP contribution is 2.26. The number of benzene rings is 3. The van der Waals surface area contributed by atoms with Gasteiger partial charge in [0.2, 0.25) is 5.91 Å². The van der Waals surface area contributed by atoms with Crippen LogP contribution in [0.25, 0.3) is 11.1 Å². The second-order valence-corrected chi connectivity index (χ2v) is 9.04. The Bertz CT molecular complexity index is 1020. The van der Waals surface area contributed by atoms with Crippen LogP contribution in [0.1, 0.15) is 26.3 Å². The quantitative estimate of drug-likeness (QED) is 0.289. The molecule has 154 valence electrons. The molecule has 3 rings (SSSR count). The third-order valence-corrected chi connectivity index (χ3v) is 5.68. The minimum atomic E-state index is -0.417. The summed E-state index contributed by atoms with van der Waals surface area (Å²) in [7, 11) is 0. The molecule has 0 aliphatic rings. The Morgan fingerprint density at radius 1 is 0.900 bits per heavy atom. The van der Waals surface area contributed by atoms with Crippen LogP contribution in [0, 0.1) is 10.1 Å². The first-order valence-electron chi connectivity index (χ1n) is 9.60. The van der Waals surface area contributed by atoms with E-state index in [1.165, 1.54) is 29.5 Å². The molecule has 0 radical (unpaired) electrons. The molecule has 0 saturated heterocycles. The summed E-state index contributed by atoms with van der Waals surface area (Å²) >= 11 is 1.50. The van der Waals surface area contributed by atoms with Crippen molar-refractivity contribution < 1.29 is 9.72 Å². The van der Waals surface area contributed by atoms with E-state index in [1.54, 1.807) is 12.1 Å². The van der Waals surface area contributed by atoms with Gasteiger partial charge in [0, 0.05) is 22.7 Å². The first kappa shape index (κ1) is 21.6. The van der Waals surface area contributed by atoms with Crippen LogP contribution in [0.2, 0.25) is 0 Å². The molecule has 30 heavy (non-hydrogen) atoms. The summed E-state index contributed by atoms with van der Waals surface area (Å²) < 4.78 is 0. The molecule has 1 amide bonds. The Kier molecular flexibility index (Phi) is 6.57. The Balaban J connectivity index is 1.55. The van der Waals surface area contributed by atoms with Crippen LogP contribution in [0.3, 0.4) is 0 Å². The van der Waals surface area contributed by atoms with E-state index in [1.807, 2.05) is 24.3 Å². The average Bonchev–Trinajstić information content (AvgIpc) is 2.72. The number of hydrogen-bond acceptors (Lipinski definition) is 4. The lowest BCUT2D eigenvalue weighted by molar-refractivity contribution is -0.384. The topological polar surface area (TPSA) is 72.2 Å². The molecule has 0 spiro atoms. The van der Waals surface area contributed by atoms with Gasteiger partial charge in [0.25, 0.3) is 5.69 Å². The van der Waals surface area contributed by atoms with Crippen molar-refractivity contribution in [2.45, 2.75) is 31.1 Å². The fourth-order valence-electron chi connectivity index (χ4n) is 2.92. The second kappa shape index (κ2) is 9.13. The molecule has 1 N–H and O–H groups in total. The van der Waals surface area contributed by atoms with Crippen molar-refractivity contribution in [2.24, 2.45) is 0 Å². The molecule has 0 fully saturated rings. The summed E-state index contributed by atoms with van der Waals surface area (Å²) in [4.78, 5) is 23.7. The van der Waals surface area contributed by atoms with E-state index in [9.17, 15) is 14.9 Å². The molecular weight excluding hydrogens is 396 g/mol. The monoisotopic (exact) mass is 420 g/mol. The third-order valence-electron chi connectivity index (χ3n) is 4.67. The number of carbonyl (C=O) groups is 1. The summed E-state index contributed by atoms with van der Waals surface area (Å²) in [5, 5.41) is 13.7. The number of rotatable bonds is 6. The lowest BCUT2D eigenvalue weighted by atomic mass is 9.87. The molecule has 0 atom stereocenters. The number of nitrogens with one attached hydrogen (secondary N) is 1. The number of amides is 1. The Hall–Kier alpha value is -3.12. The molecular formula is C24H24N2O3S. The predicted octanol–water partition coefficient (Wildman–Crippen LogP) is 6.29. The van der Waals surface area contributed by atoms with Crippen LogP contribution in [0.5, 0.6) is 0 Å². The van der Waals surface area contributed by atoms with Gasteiger partial charge in [-0.2, -0.15) is 0 Å². The molecule has 5 nitrogen and oxygen atoms in total. The lowest BCUT2D eigenvalue weighted by Crippen LogP contribution is -2.14. The van der Waals surface area contributed by atoms with Crippen LogP contribution < -0.4 is 5.32 Å². The first-order valence-corrected chi connectivity index (χ1v) is 10.6. The molecule has 0 heterocycles. The van der Waals surface area contributed by atoms with Gasteiger partial charge in [-0.1, -0.05) is 45.0 Å². The number of carbonyl (C=O) groups excluding carboxylic acids is 1. The van der Waals surface area contributed by atoms with Crippen molar-refractivity contribution in [2.75, 3.05) is 11.1 Å². The SMILES string of the molecule is CC(C)(C)c1ccc(SCC(=O)Nc2ccc(-c3ccc([N+](=O)[O-])cc3)cc2)cc1. The van der Waals surface area contributed by atoms with E-state index < -0.39 is 4.92 Å². The summed E-state index contributed by atoms with van der Waals surface area (Å²) in [5.74, 6) is 0.266. The smallest absolute Gasteiger partial charge is 0.269 e. The van der Waals surface area contributed by atoms with Crippen LogP contribution in [-0.4, -0.2) is 16.6 Å². The van der Waals surface area contributed by atoms with Gasteiger partial charge < -0.3 is 5.32 Å². The zero-order chi connectivity index (χ0) is 21.7. The summed E-state index contributed by atoms with van der Waals surface area (Å²) in [6.45, 7) is 6.53. The van der Waals surface area contributed by atoms with Gasteiger partial charge in [0.05, 0.1) is 10.7 Å². The van der Waals surface area contributed by atoms with E-state index in [0.717, 1.165) is 16.0 Å². The van der Waals surface area contributed by atoms with Gasteiger partial charge in [-0.3, -0.25) is 14.9 Å². The van der Waals surface area contributed by atoms with Gasteiger partial charge in [-0.15, -0.1) is 11.8 Å². The number of nitro groups is 1. The van der Waals surface area contributed by atoms with Gasteiger partial charge in [-0.25, -0.2) is 0 Å². The normalized spacial score (nSPS) is 11.2. The standard InChI is InChI=1S/C24H24N2O3S/c1-24(2,3)19-8-14-22(15-9-19)30-16-23(27)25-20-10-4-17(5-11-20)18-6-12-21(13-7-18)26(28)29/h4-15H,16H2,1-3H3,(H,25,27). The number of nitro benzene ring substituents is 1. The number of thioether (sulfide) groups is 1. The predicted molar refractivity (Wildman–Crippen MR) is 123 cm³/mol. The maximum atomic E-state index is 12.3. The van der Waals surface area contributed by atoms with Gasteiger partial charge in [0.15, 0.2) is 0 Å². The molecule has 0 aliphatic heterocycles. The summed E-state index contributed by atoms with van der Waals surface area (Å²) in [5.41, 5.74) is 3.97. The minimum Gasteiger partial charge on any atom is -0.325 e. The Morgan fingerprint density at radius 2 is 1.43 bits per heavy atom. The summed E-state index contributed by atoms with van der Waals surface area (Å²) in [6.07, 6.45) is 0. The van der Waals surface area contributed by atoms with Crippen LogP contribution in [-0.2, 0) is 10.2 Å².